The number of ether oxygens (including phenoxy) is 2. The molecule has 0 saturated heterocycles. The van der Waals surface area contributed by atoms with Gasteiger partial charge in [-0.3, -0.25) is 0 Å². The highest BCUT2D eigenvalue weighted by molar-refractivity contribution is 5.89. The summed E-state index contributed by atoms with van der Waals surface area (Å²) in [5.41, 5.74) is -0.530. The minimum Gasteiger partial charge on any atom is -0.487 e. The van der Waals surface area contributed by atoms with E-state index in [2.05, 4.69) is 0 Å². The molecule has 0 aromatic heterocycles. The Morgan fingerprint density at radius 1 is 1.04 bits per heavy atom. The Balaban J connectivity index is 2.10. The summed E-state index contributed by atoms with van der Waals surface area (Å²) in [6.07, 6.45) is -2.19. The highest BCUT2D eigenvalue weighted by Gasteiger charge is 2.30. The summed E-state index contributed by atoms with van der Waals surface area (Å²) in [6.45, 7) is 3.68. The smallest absolute Gasteiger partial charge is 0.416 e. The van der Waals surface area contributed by atoms with Crippen LogP contribution in [-0.2, 0) is 11.0 Å². The van der Waals surface area contributed by atoms with E-state index >= 15 is 0 Å². The maximum Gasteiger partial charge on any atom is 0.416 e. The molecule has 0 amide bonds. The van der Waals surface area contributed by atoms with Crippen molar-refractivity contribution in [3.63, 3.8) is 0 Å². The first kappa shape index (κ1) is 18.6. The Labute approximate surface area is 143 Å². The van der Waals surface area contributed by atoms with E-state index < -0.39 is 17.7 Å². The average Bonchev–Trinajstić information content (AvgIpc) is 2.54. The van der Waals surface area contributed by atoms with Crippen LogP contribution in [0.2, 0.25) is 0 Å². The van der Waals surface area contributed by atoms with Crippen LogP contribution in [0, 0.1) is 0 Å². The molecule has 3 nitrogen and oxygen atoms in total. The Bertz CT molecular complexity index is 765. The van der Waals surface area contributed by atoms with Crippen molar-refractivity contribution in [1.29, 1.82) is 0 Å². The first-order valence-corrected chi connectivity index (χ1v) is 7.58. The van der Waals surface area contributed by atoms with E-state index in [0.29, 0.717) is 5.75 Å². The highest BCUT2D eigenvalue weighted by atomic mass is 19.4. The van der Waals surface area contributed by atoms with Gasteiger partial charge in [0.1, 0.15) is 0 Å². The van der Waals surface area contributed by atoms with Gasteiger partial charge in [0.25, 0.3) is 0 Å². The van der Waals surface area contributed by atoms with E-state index in [-0.39, 0.29) is 17.4 Å². The number of esters is 1. The number of rotatable bonds is 5. The van der Waals surface area contributed by atoms with Crippen molar-refractivity contribution in [2.75, 3.05) is 0 Å². The monoisotopic (exact) mass is 350 g/mol. The summed E-state index contributed by atoms with van der Waals surface area (Å²) in [6, 6.07) is 11.3. The highest BCUT2D eigenvalue weighted by Crippen LogP contribution is 2.30. The van der Waals surface area contributed by atoms with Crippen molar-refractivity contribution >= 4 is 12.0 Å². The van der Waals surface area contributed by atoms with Crippen molar-refractivity contribution in [3.05, 3.63) is 65.7 Å². The van der Waals surface area contributed by atoms with Crippen LogP contribution in [0.25, 0.3) is 6.08 Å². The van der Waals surface area contributed by atoms with Gasteiger partial charge in [0, 0.05) is 6.08 Å². The molecule has 0 atom stereocenters. The number of carbonyl (C=O) groups is 1. The fraction of sp³-hybridized carbons (Fsp3) is 0.211. The fourth-order valence-corrected chi connectivity index (χ4v) is 2.01. The minimum atomic E-state index is -4.43. The zero-order valence-electron chi connectivity index (χ0n) is 13.7. The maximum absolute atomic E-state index is 12.7. The van der Waals surface area contributed by atoms with Crippen molar-refractivity contribution in [2.45, 2.75) is 26.1 Å². The third-order valence-electron chi connectivity index (χ3n) is 3.05. The lowest BCUT2D eigenvalue weighted by Crippen LogP contribution is -2.09. The van der Waals surface area contributed by atoms with Crippen molar-refractivity contribution in [3.8, 4) is 11.5 Å². The average molecular weight is 350 g/mol. The summed E-state index contributed by atoms with van der Waals surface area (Å²) in [7, 11) is 0. The zero-order chi connectivity index (χ0) is 18.4. The number of alkyl halides is 3. The lowest BCUT2D eigenvalue weighted by Gasteiger charge is -2.13. The van der Waals surface area contributed by atoms with Crippen LogP contribution < -0.4 is 9.47 Å². The molecule has 2 rings (SSSR count). The number of halogens is 3. The molecule has 0 aliphatic heterocycles. The van der Waals surface area contributed by atoms with E-state index in [0.717, 1.165) is 18.2 Å². The van der Waals surface area contributed by atoms with Crippen LogP contribution in [-0.4, -0.2) is 12.1 Å². The second-order valence-electron chi connectivity index (χ2n) is 5.49. The number of hydrogen-bond donors (Lipinski definition) is 0. The van der Waals surface area contributed by atoms with Gasteiger partial charge in [-0.05, 0) is 49.8 Å². The normalized spacial score (nSPS) is 11.8. The molecule has 0 bridgehead atoms. The number of hydrogen-bond acceptors (Lipinski definition) is 3. The largest absolute Gasteiger partial charge is 0.487 e. The quantitative estimate of drug-likeness (QED) is 0.427. The molecule has 0 aliphatic rings. The Morgan fingerprint density at radius 2 is 1.72 bits per heavy atom. The van der Waals surface area contributed by atoms with Crippen LogP contribution >= 0.6 is 0 Å². The molecule has 132 valence electrons. The van der Waals surface area contributed by atoms with Crippen molar-refractivity contribution in [2.24, 2.45) is 0 Å². The van der Waals surface area contributed by atoms with Crippen LogP contribution in [0.1, 0.15) is 25.0 Å². The molecule has 0 heterocycles. The van der Waals surface area contributed by atoms with Gasteiger partial charge in [-0.1, -0.05) is 24.3 Å². The van der Waals surface area contributed by atoms with E-state index in [9.17, 15) is 18.0 Å². The Hall–Kier alpha value is -2.76. The standard InChI is InChI=1S/C19H17F3O3/c1-13(2)24-16-8-3-4-9-17(16)25-18(23)11-10-14-6-5-7-15(12-14)19(20,21)22/h3-13H,1-2H3/b11-10+. The predicted molar refractivity (Wildman–Crippen MR) is 88.3 cm³/mol. The lowest BCUT2D eigenvalue weighted by molar-refractivity contribution is -0.137. The van der Waals surface area contributed by atoms with E-state index in [1.165, 1.54) is 18.2 Å². The van der Waals surface area contributed by atoms with Crippen molar-refractivity contribution in [1.82, 2.24) is 0 Å². The second kappa shape index (κ2) is 7.88. The topological polar surface area (TPSA) is 35.5 Å². The number of benzene rings is 2. The van der Waals surface area contributed by atoms with Crippen LogP contribution in [0.15, 0.2) is 54.6 Å². The SMILES string of the molecule is CC(C)Oc1ccccc1OC(=O)/C=C/c1cccc(C(F)(F)F)c1. The summed E-state index contributed by atoms with van der Waals surface area (Å²) in [4.78, 5) is 11.9. The van der Waals surface area contributed by atoms with E-state index in [1.54, 1.807) is 24.3 Å². The Morgan fingerprint density at radius 3 is 2.36 bits per heavy atom. The first-order valence-electron chi connectivity index (χ1n) is 7.58. The van der Waals surface area contributed by atoms with Gasteiger partial charge in [0.15, 0.2) is 11.5 Å². The molecule has 2 aromatic rings. The van der Waals surface area contributed by atoms with Gasteiger partial charge in [0.2, 0.25) is 0 Å². The number of para-hydroxylation sites is 2. The summed E-state index contributed by atoms with van der Waals surface area (Å²) < 4.78 is 48.7. The lowest BCUT2D eigenvalue weighted by atomic mass is 10.1. The third kappa shape index (κ3) is 5.67. The number of carbonyl (C=O) groups excluding carboxylic acids is 1. The molecular formula is C19H17F3O3. The maximum atomic E-state index is 12.7. The molecule has 2 aromatic carbocycles. The molecule has 0 fully saturated rings. The predicted octanol–water partition coefficient (Wildman–Crippen LogP) is 5.11. The molecule has 0 saturated carbocycles. The van der Waals surface area contributed by atoms with Gasteiger partial charge in [-0.2, -0.15) is 13.2 Å². The second-order valence-corrected chi connectivity index (χ2v) is 5.49. The molecule has 25 heavy (non-hydrogen) atoms. The van der Waals surface area contributed by atoms with Crippen molar-refractivity contribution < 1.29 is 27.4 Å². The van der Waals surface area contributed by atoms with Gasteiger partial charge in [0.05, 0.1) is 11.7 Å². The molecule has 6 heteroatoms. The van der Waals surface area contributed by atoms with Crippen LogP contribution in [0.4, 0.5) is 13.2 Å². The van der Waals surface area contributed by atoms with Gasteiger partial charge in [-0.15, -0.1) is 0 Å². The molecule has 0 aliphatic carbocycles. The van der Waals surface area contributed by atoms with Gasteiger partial charge < -0.3 is 9.47 Å². The summed E-state index contributed by atoms with van der Waals surface area (Å²) in [5.74, 6) is -0.0505. The van der Waals surface area contributed by atoms with Gasteiger partial charge >= 0.3 is 12.1 Å². The molecule has 0 N–H and O–H groups in total. The molecule has 0 spiro atoms. The van der Waals surface area contributed by atoms with Crippen LogP contribution in [0.5, 0.6) is 11.5 Å². The molecule has 0 unspecified atom stereocenters. The third-order valence-corrected chi connectivity index (χ3v) is 3.05. The summed E-state index contributed by atoms with van der Waals surface area (Å²) >= 11 is 0. The molecular weight excluding hydrogens is 333 g/mol. The van der Waals surface area contributed by atoms with E-state index in [1.807, 2.05) is 13.8 Å². The minimum absolute atomic E-state index is 0.0968. The van der Waals surface area contributed by atoms with Gasteiger partial charge in [-0.25, -0.2) is 4.79 Å². The molecule has 0 radical (unpaired) electrons. The first-order chi connectivity index (χ1) is 11.8. The Kier molecular flexibility index (Phi) is 5.85. The summed E-state index contributed by atoms with van der Waals surface area (Å²) in [5, 5.41) is 0. The zero-order valence-corrected chi connectivity index (χ0v) is 13.7. The van der Waals surface area contributed by atoms with E-state index in [4.69, 9.17) is 9.47 Å². The fourth-order valence-electron chi connectivity index (χ4n) is 2.01. The van der Waals surface area contributed by atoms with Crippen LogP contribution in [0.3, 0.4) is 0 Å².